The Kier molecular flexibility index (Phi) is 3.68. The molecule has 0 aliphatic carbocycles. The van der Waals surface area contributed by atoms with Gasteiger partial charge in [-0.3, -0.25) is 0 Å². The van der Waals surface area contributed by atoms with Gasteiger partial charge in [0.25, 0.3) is 0 Å². The van der Waals surface area contributed by atoms with Gasteiger partial charge in [-0.1, -0.05) is 30.3 Å². The molecule has 0 bridgehead atoms. The Balaban J connectivity index is 2.72. The molecule has 4 heteroatoms. The quantitative estimate of drug-likeness (QED) is 0.732. The highest BCUT2D eigenvalue weighted by atomic mass is 16.5. The van der Waals surface area contributed by atoms with Crippen molar-refractivity contribution in [3.8, 4) is 0 Å². The van der Waals surface area contributed by atoms with Crippen molar-refractivity contribution in [3.05, 3.63) is 35.9 Å². The van der Waals surface area contributed by atoms with Crippen molar-refractivity contribution in [1.82, 2.24) is 5.32 Å². The number of carbonyl (C=O) groups excluding carboxylic acids is 1. The van der Waals surface area contributed by atoms with Gasteiger partial charge >= 0.3 is 6.03 Å². The van der Waals surface area contributed by atoms with E-state index in [1.165, 1.54) is 0 Å². The van der Waals surface area contributed by atoms with Crippen LogP contribution in [0.25, 0.3) is 0 Å². The number of hydrogen-bond acceptors (Lipinski definition) is 2. The number of nitrogens with one attached hydrogen (secondary N) is 1. The lowest BCUT2D eigenvalue weighted by Gasteiger charge is -2.28. The van der Waals surface area contributed by atoms with Crippen LogP contribution in [0.15, 0.2) is 30.3 Å². The Labute approximate surface area is 89.4 Å². The number of carbonyl (C=O) groups is 1. The average molecular weight is 208 g/mol. The van der Waals surface area contributed by atoms with Gasteiger partial charge in [0.05, 0.1) is 0 Å². The first-order chi connectivity index (χ1) is 7.06. The molecule has 0 saturated carbocycles. The van der Waals surface area contributed by atoms with Crippen LogP contribution in [0.1, 0.15) is 12.5 Å². The number of ether oxygens (including phenoxy) is 1. The summed E-state index contributed by atoms with van der Waals surface area (Å²) in [6, 6.07) is 9.18. The molecule has 1 unspecified atom stereocenters. The largest absolute Gasteiger partial charge is 0.359 e. The monoisotopic (exact) mass is 208 g/mol. The molecule has 2 amide bonds. The number of hydrogen-bond donors (Lipinski definition) is 2. The second kappa shape index (κ2) is 4.79. The highest BCUT2D eigenvalue weighted by Gasteiger charge is 2.24. The summed E-state index contributed by atoms with van der Waals surface area (Å²) in [5.74, 6) is 0. The van der Waals surface area contributed by atoms with Gasteiger partial charge in [0, 0.05) is 13.5 Å². The molecule has 15 heavy (non-hydrogen) atoms. The molecule has 0 aliphatic rings. The van der Waals surface area contributed by atoms with Gasteiger partial charge in [-0.05, 0) is 12.5 Å². The summed E-state index contributed by atoms with van der Waals surface area (Å²) in [6.07, 6.45) is 0.577. The van der Waals surface area contributed by atoms with E-state index in [1.54, 1.807) is 14.0 Å². The van der Waals surface area contributed by atoms with Crippen molar-refractivity contribution in [1.29, 1.82) is 0 Å². The third-order valence-electron chi connectivity index (χ3n) is 2.22. The van der Waals surface area contributed by atoms with Crippen LogP contribution in [0.3, 0.4) is 0 Å². The molecule has 0 aliphatic heterocycles. The van der Waals surface area contributed by atoms with Crippen molar-refractivity contribution in [2.24, 2.45) is 5.73 Å². The molecule has 1 aromatic carbocycles. The first-order valence-electron chi connectivity index (χ1n) is 4.72. The minimum absolute atomic E-state index is 0.577. The Bertz CT molecular complexity index is 327. The average Bonchev–Trinajstić information content (AvgIpc) is 2.18. The van der Waals surface area contributed by atoms with Crippen LogP contribution < -0.4 is 11.1 Å². The minimum Gasteiger partial charge on any atom is -0.359 e. The maximum Gasteiger partial charge on any atom is 0.314 e. The predicted octanol–water partition coefficient (Wildman–Crippen LogP) is 1.26. The standard InChI is InChI=1S/C11H16N2O2/c1-11(15-2,13-10(12)14)8-9-6-4-3-5-7-9/h3-7H,8H2,1-2H3,(H3,12,13,14). The van der Waals surface area contributed by atoms with Crippen molar-refractivity contribution < 1.29 is 9.53 Å². The first-order valence-corrected chi connectivity index (χ1v) is 4.72. The highest BCUT2D eigenvalue weighted by Crippen LogP contribution is 2.13. The molecule has 0 spiro atoms. The van der Waals surface area contributed by atoms with Crippen molar-refractivity contribution >= 4 is 6.03 Å². The summed E-state index contributed by atoms with van der Waals surface area (Å²) in [5, 5.41) is 2.57. The summed E-state index contributed by atoms with van der Waals surface area (Å²) >= 11 is 0. The zero-order valence-corrected chi connectivity index (χ0v) is 8.99. The van der Waals surface area contributed by atoms with E-state index in [9.17, 15) is 4.79 Å². The van der Waals surface area contributed by atoms with Crippen LogP contribution in [0, 0.1) is 0 Å². The fourth-order valence-corrected chi connectivity index (χ4v) is 1.41. The van der Waals surface area contributed by atoms with E-state index in [0.29, 0.717) is 6.42 Å². The third kappa shape index (κ3) is 3.59. The lowest BCUT2D eigenvalue weighted by molar-refractivity contribution is -0.0118. The van der Waals surface area contributed by atoms with Crippen molar-refractivity contribution in [2.45, 2.75) is 19.1 Å². The fraction of sp³-hybridized carbons (Fsp3) is 0.364. The molecule has 82 valence electrons. The Morgan fingerprint density at radius 3 is 2.53 bits per heavy atom. The molecule has 3 N–H and O–H groups in total. The number of nitrogens with two attached hydrogens (primary N) is 1. The summed E-state index contributed by atoms with van der Waals surface area (Å²) in [7, 11) is 1.54. The van der Waals surface area contributed by atoms with E-state index >= 15 is 0 Å². The van der Waals surface area contributed by atoms with Crippen LogP contribution >= 0.6 is 0 Å². The molecule has 1 atom stereocenters. The summed E-state index contributed by atoms with van der Waals surface area (Å²) in [6.45, 7) is 1.78. The van der Waals surface area contributed by atoms with Crippen LogP contribution in [-0.2, 0) is 11.2 Å². The Hall–Kier alpha value is -1.55. The minimum atomic E-state index is -0.757. The van der Waals surface area contributed by atoms with Crippen LogP contribution in [0.4, 0.5) is 4.79 Å². The second-order valence-corrected chi connectivity index (χ2v) is 3.59. The SMILES string of the molecule is COC(C)(Cc1ccccc1)NC(N)=O. The van der Waals surface area contributed by atoms with E-state index in [2.05, 4.69) is 5.32 Å². The van der Waals surface area contributed by atoms with E-state index in [1.807, 2.05) is 30.3 Å². The van der Waals surface area contributed by atoms with Gasteiger partial charge in [0.2, 0.25) is 0 Å². The second-order valence-electron chi connectivity index (χ2n) is 3.59. The Morgan fingerprint density at radius 2 is 2.07 bits per heavy atom. The van der Waals surface area contributed by atoms with Crippen molar-refractivity contribution in [2.75, 3.05) is 7.11 Å². The van der Waals surface area contributed by atoms with Crippen molar-refractivity contribution in [3.63, 3.8) is 0 Å². The van der Waals surface area contributed by atoms with Gasteiger partial charge in [-0.15, -0.1) is 0 Å². The normalized spacial score (nSPS) is 14.3. The molecule has 1 aromatic rings. The van der Waals surface area contributed by atoms with E-state index in [4.69, 9.17) is 10.5 Å². The summed E-state index contributed by atoms with van der Waals surface area (Å²) in [5.41, 5.74) is 5.40. The van der Waals surface area contributed by atoms with E-state index in [-0.39, 0.29) is 0 Å². The summed E-state index contributed by atoms with van der Waals surface area (Å²) < 4.78 is 5.24. The molecule has 1 rings (SSSR count). The molecule has 0 heterocycles. The number of urea groups is 1. The topological polar surface area (TPSA) is 64.3 Å². The number of methoxy groups -OCH3 is 1. The van der Waals surface area contributed by atoms with Crippen LogP contribution in [0.2, 0.25) is 0 Å². The van der Waals surface area contributed by atoms with E-state index in [0.717, 1.165) is 5.56 Å². The first kappa shape index (κ1) is 11.5. The molecule has 4 nitrogen and oxygen atoms in total. The molecule has 0 fully saturated rings. The molecule has 0 saturated heterocycles. The van der Waals surface area contributed by atoms with Gasteiger partial charge < -0.3 is 15.8 Å². The van der Waals surface area contributed by atoms with Gasteiger partial charge in [0.1, 0.15) is 5.72 Å². The lowest BCUT2D eigenvalue weighted by atomic mass is 10.0. The lowest BCUT2D eigenvalue weighted by Crippen LogP contribution is -2.51. The number of rotatable bonds is 4. The maximum atomic E-state index is 10.8. The number of primary amides is 1. The predicted molar refractivity (Wildman–Crippen MR) is 58.3 cm³/mol. The molecular weight excluding hydrogens is 192 g/mol. The molecule has 0 aromatic heterocycles. The van der Waals surface area contributed by atoms with Crippen LogP contribution in [-0.4, -0.2) is 18.9 Å². The molecular formula is C11H16N2O2. The number of amides is 2. The fourth-order valence-electron chi connectivity index (χ4n) is 1.41. The summed E-state index contributed by atoms with van der Waals surface area (Å²) in [4.78, 5) is 10.8. The Morgan fingerprint density at radius 1 is 1.47 bits per heavy atom. The zero-order valence-electron chi connectivity index (χ0n) is 8.99. The maximum absolute atomic E-state index is 10.8. The molecule has 0 radical (unpaired) electrons. The van der Waals surface area contributed by atoms with Crippen LogP contribution in [0.5, 0.6) is 0 Å². The highest BCUT2D eigenvalue weighted by molar-refractivity contribution is 5.72. The van der Waals surface area contributed by atoms with Gasteiger partial charge in [0.15, 0.2) is 0 Å². The smallest absolute Gasteiger partial charge is 0.314 e. The van der Waals surface area contributed by atoms with Gasteiger partial charge in [-0.2, -0.15) is 0 Å². The van der Waals surface area contributed by atoms with Gasteiger partial charge in [-0.25, -0.2) is 4.79 Å². The number of benzene rings is 1. The zero-order chi connectivity index (χ0) is 11.3. The third-order valence-corrected chi connectivity index (χ3v) is 2.22. The van der Waals surface area contributed by atoms with E-state index < -0.39 is 11.8 Å².